The summed E-state index contributed by atoms with van der Waals surface area (Å²) in [6.07, 6.45) is 3.60. The Bertz CT molecular complexity index is 901. The maximum atomic E-state index is 9.84. The molecular formula is C20H25N5O2S. The van der Waals surface area contributed by atoms with Crippen LogP contribution in [0.15, 0.2) is 47.9 Å². The van der Waals surface area contributed by atoms with Gasteiger partial charge in [-0.3, -0.25) is 9.88 Å². The van der Waals surface area contributed by atoms with Crippen molar-refractivity contribution in [2.24, 2.45) is 7.05 Å². The van der Waals surface area contributed by atoms with Crippen LogP contribution in [0, 0.1) is 0 Å². The molecule has 3 aromatic rings. The number of aromatic nitrogens is 4. The van der Waals surface area contributed by atoms with Crippen LogP contribution >= 0.6 is 11.8 Å². The van der Waals surface area contributed by atoms with Crippen LogP contribution in [0.3, 0.4) is 0 Å². The van der Waals surface area contributed by atoms with Gasteiger partial charge in [-0.1, -0.05) is 17.8 Å². The van der Waals surface area contributed by atoms with Gasteiger partial charge in [0.2, 0.25) is 0 Å². The number of rotatable bonds is 9. The van der Waals surface area contributed by atoms with Gasteiger partial charge in [-0.05, 0) is 49.4 Å². The molecule has 0 unspecified atom stereocenters. The lowest BCUT2D eigenvalue weighted by Gasteiger charge is -2.17. The van der Waals surface area contributed by atoms with Crippen molar-refractivity contribution in [3.05, 3.63) is 59.7 Å². The molecule has 0 amide bonds. The quantitative estimate of drug-likeness (QED) is 0.554. The molecule has 3 rings (SSSR count). The molecule has 0 spiro atoms. The molecule has 28 heavy (non-hydrogen) atoms. The van der Waals surface area contributed by atoms with Crippen molar-refractivity contribution >= 4 is 11.8 Å². The van der Waals surface area contributed by atoms with Crippen LogP contribution in [0.2, 0.25) is 0 Å². The molecule has 0 aliphatic carbocycles. The second-order valence-electron chi connectivity index (χ2n) is 6.51. The first-order chi connectivity index (χ1) is 13.6. The average molecular weight is 400 g/mol. The maximum absolute atomic E-state index is 9.84. The van der Waals surface area contributed by atoms with Gasteiger partial charge in [0.05, 0.1) is 13.2 Å². The molecule has 0 bridgehead atoms. The molecular weight excluding hydrogens is 374 g/mol. The van der Waals surface area contributed by atoms with Crippen LogP contribution in [-0.2, 0) is 25.9 Å². The lowest BCUT2D eigenvalue weighted by molar-refractivity contribution is 0.300. The normalized spacial score (nSPS) is 11.1. The summed E-state index contributed by atoms with van der Waals surface area (Å²) in [7, 11) is 4.03. The first-order valence-corrected chi connectivity index (χ1v) is 10.1. The molecule has 0 saturated heterocycles. The van der Waals surface area contributed by atoms with Crippen LogP contribution in [0.1, 0.15) is 23.9 Å². The number of hydrogen-bond acceptors (Lipinski definition) is 7. The van der Waals surface area contributed by atoms with E-state index >= 15 is 0 Å². The molecule has 2 heterocycles. The van der Waals surface area contributed by atoms with Gasteiger partial charge in [0, 0.05) is 31.7 Å². The topological polar surface area (TPSA) is 76.3 Å². The van der Waals surface area contributed by atoms with Gasteiger partial charge in [-0.25, -0.2) is 0 Å². The Kier molecular flexibility index (Phi) is 6.89. The summed E-state index contributed by atoms with van der Waals surface area (Å²) in [5.41, 5.74) is 2.28. The van der Waals surface area contributed by atoms with Gasteiger partial charge < -0.3 is 14.4 Å². The zero-order valence-corrected chi connectivity index (χ0v) is 17.2. The van der Waals surface area contributed by atoms with Gasteiger partial charge in [-0.15, -0.1) is 10.2 Å². The first kappa shape index (κ1) is 20.2. The van der Waals surface area contributed by atoms with Gasteiger partial charge in [0.15, 0.2) is 16.7 Å². The highest BCUT2D eigenvalue weighted by Gasteiger charge is 2.13. The van der Waals surface area contributed by atoms with Crippen molar-refractivity contribution < 1.29 is 9.84 Å². The fraction of sp³-hybridized carbons (Fsp3) is 0.350. The minimum atomic E-state index is 0.164. The van der Waals surface area contributed by atoms with E-state index in [0.717, 1.165) is 22.3 Å². The molecule has 2 aromatic heterocycles. The molecule has 7 nitrogen and oxygen atoms in total. The second kappa shape index (κ2) is 9.57. The molecule has 148 valence electrons. The van der Waals surface area contributed by atoms with Crippen molar-refractivity contribution in [3.63, 3.8) is 0 Å². The Labute approximate surface area is 169 Å². The number of aromatic hydroxyl groups is 1. The van der Waals surface area contributed by atoms with E-state index in [1.807, 2.05) is 49.9 Å². The zero-order valence-electron chi connectivity index (χ0n) is 16.4. The maximum Gasteiger partial charge on any atom is 0.191 e. The standard InChI is InChI=1S/C20H25N5O2S/c1-4-27-18-11-16(5-6-17(18)26)12-24(2)13-19-22-23-20(25(19)3)28-14-15-7-9-21-10-8-15/h5-11,26H,4,12-14H2,1-3H3. The highest BCUT2D eigenvalue weighted by Crippen LogP contribution is 2.27. The number of phenolic OH excluding ortho intramolecular Hbond substituents is 1. The summed E-state index contributed by atoms with van der Waals surface area (Å²) in [4.78, 5) is 6.20. The number of nitrogens with zero attached hydrogens (tertiary/aromatic N) is 5. The second-order valence-corrected chi connectivity index (χ2v) is 7.45. The number of benzene rings is 1. The summed E-state index contributed by atoms with van der Waals surface area (Å²) >= 11 is 1.66. The summed E-state index contributed by atoms with van der Waals surface area (Å²) in [6, 6.07) is 9.46. The molecule has 0 aliphatic heterocycles. The number of phenols is 1. The molecule has 0 atom stereocenters. The Hall–Kier alpha value is -2.58. The summed E-state index contributed by atoms with van der Waals surface area (Å²) in [5.74, 6) is 2.42. The van der Waals surface area contributed by atoms with Crippen molar-refractivity contribution in [2.45, 2.75) is 30.9 Å². The molecule has 0 radical (unpaired) electrons. The van der Waals surface area contributed by atoms with Crippen LogP contribution in [0.4, 0.5) is 0 Å². The lowest BCUT2D eigenvalue weighted by atomic mass is 10.2. The van der Waals surface area contributed by atoms with E-state index in [4.69, 9.17) is 4.74 Å². The van der Waals surface area contributed by atoms with Gasteiger partial charge in [0.25, 0.3) is 0 Å². The van der Waals surface area contributed by atoms with Crippen LogP contribution < -0.4 is 4.74 Å². The van der Waals surface area contributed by atoms with Crippen molar-refractivity contribution in [3.8, 4) is 11.5 Å². The number of thioether (sulfide) groups is 1. The third-order valence-corrected chi connectivity index (χ3v) is 5.32. The van der Waals surface area contributed by atoms with Crippen LogP contribution in [0.5, 0.6) is 11.5 Å². The first-order valence-electron chi connectivity index (χ1n) is 9.10. The van der Waals surface area contributed by atoms with Crippen molar-refractivity contribution in [1.82, 2.24) is 24.6 Å². The van der Waals surface area contributed by atoms with Crippen LogP contribution in [0.25, 0.3) is 0 Å². The highest BCUT2D eigenvalue weighted by molar-refractivity contribution is 7.98. The van der Waals surface area contributed by atoms with E-state index in [2.05, 4.69) is 20.1 Å². The third kappa shape index (κ3) is 5.24. The fourth-order valence-electron chi connectivity index (χ4n) is 2.77. The minimum absolute atomic E-state index is 0.164. The predicted molar refractivity (Wildman–Crippen MR) is 109 cm³/mol. The lowest BCUT2D eigenvalue weighted by Crippen LogP contribution is -2.19. The Balaban J connectivity index is 1.59. The largest absolute Gasteiger partial charge is 0.504 e. The third-order valence-electron chi connectivity index (χ3n) is 4.23. The predicted octanol–water partition coefficient (Wildman–Crippen LogP) is 3.24. The molecule has 1 N–H and O–H groups in total. The Morgan fingerprint density at radius 2 is 1.89 bits per heavy atom. The van der Waals surface area contributed by atoms with Gasteiger partial charge in [-0.2, -0.15) is 0 Å². The van der Waals surface area contributed by atoms with Crippen molar-refractivity contribution in [2.75, 3.05) is 13.7 Å². The molecule has 1 aromatic carbocycles. The summed E-state index contributed by atoms with van der Waals surface area (Å²) in [6.45, 7) is 3.80. The van der Waals surface area contributed by atoms with E-state index in [0.29, 0.717) is 25.4 Å². The Morgan fingerprint density at radius 1 is 1.11 bits per heavy atom. The Morgan fingerprint density at radius 3 is 2.64 bits per heavy atom. The molecule has 0 fully saturated rings. The molecule has 8 heteroatoms. The fourth-order valence-corrected chi connectivity index (χ4v) is 3.66. The van der Waals surface area contributed by atoms with E-state index < -0.39 is 0 Å². The SMILES string of the molecule is CCOc1cc(CN(C)Cc2nnc(SCc3ccncc3)n2C)ccc1O. The highest BCUT2D eigenvalue weighted by atomic mass is 32.2. The smallest absolute Gasteiger partial charge is 0.191 e. The monoisotopic (exact) mass is 399 g/mol. The number of hydrogen-bond donors (Lipinski definition) is 1. The van der Waals surface area contributed by atoms with Crippen molar-refractivity contribution in [1.29, 1.82) is 0 Å². The molecule has 0 aliphatic rings. The van der Waals surface area contributed by atoms with E-state index in [9.17, 15) is 5.11 Å². The van der Waals surface area contributed by atoms with E-state index in [1.54, 1.807) is 30.2 Å². The van der Waals surface area contributed by atoms with Gasteiger partial charge in [0.1, 0.15) is 5.82 Å². The van der Waals surface area contributed by atoms with E-state index in [-0.39, 0.29) is 5.75 Å². The zero-order chi connectivity index (χ0) is 19.9. The summed E-state index contributed by atoms with van der Waals surface area (Å²) in [5, 5.41) is 19.4. The molecule has 0 saturated carbocycles. The van der Waals surface area contributed by atoms with Crippen LogP contribution in [-0.4, -0.2) is 43.4 Å². The number of ether oxygens (including phenoxy) is 1. The van der Waals surface area contributed by atoms with Gasteiger partial charge >= 0.3 is 0 Å². The average Bonchev–Trinajstić information content (AvgIpc) is 3.03. The van der Waals surface area contributed by atoms with E-state index in [1.165, 1.54) is 5.56 Å². The number of pyridine rings is 1. The minimum Gasteiger partial charge on any atom is -0.504 e. The summed E-state index contributed by atoms with van der Waals surface area (Å²) < 4.78 is 7.49.